The average molecular weight is 351 g/mol. The van der Waals surface area contributed by atoms with Gasteiger partial charge in [0, 0.05) is 43.3 Å². The second-order valence-electron chi connectivity index (χ2n) is 6.63. The van der Waals surface area contributed by atoms with Gasteiger partial charge in [0.05, 0.1) is 25.1 Å². The fourth-order valence-electron chi connectivity index (χ4n) is 3.28. The molecule has 1 aliphatic rings. The van der Waals surface area contributed by atoms with Crippen LogP contribution in [0.25, 0.3) is 5.65 Å². The van der Waals surface area contributed by atoms with E-state index in [9.17, 15) is 4.79 Å². The molecular formula is C19H21N5O2. The van der Waals surface area contributed by atoms with E-state index >= 15 is 0 Å². The zero-order chi connectivity index (χ0) is 17.9. The van der Waals surface area contributed by atoms with Crippen LogP contribution in [0.3, 0.4) is 0 Å². The number of hydrogen-bond acceptors (Lipinski definition) is 5. The van der Waals surface area contributed by atoms with Crippen LogP contribution in [0.2, 0.25) is 0 Å². The molecule has 0 aliphatic carbocycles. The normalized spacial score (nSPS) is 18.0. The molecule has 0 radical (unpaired) electrons. The van der Waals surface area contributed by atoms with Gasteiger partial charge in [0.15, 0.2) is 5.65 Å². The van der Waals surface area contributed by atoms with Gasteiger partial charge < -0.3 is 14.0 Å². The molecular weight excluding hydrogens is 330 g/mol. The number of carbonyl (C=O) groups is 1. The molecule has 1 aliphatic heterocycles. The Kier molecular flexibility index (Phi) is 4.62. The van der Waals surface area contributed by atoms with Crippen molar-refractivity contribution >= 4 is 11.6 Å². The van der Waals surface area contributed by atoms with Gasteiger partial charge in [-0.05, 0) is 25.5 Å². The lowest BCUT2D eigenvalue weighted by molar-refractivity contribution is 0.0731. The van der Waals surface area contributed by atoms with Crippen molar-refractivity contribution in [3.8, 4) is 0 Å². The van der Waals surface area contributed by atoms with Gasteiger partial charge in [0.25, 0.3) is 5.91 Å². The van der Waals surface area contributed by atoms with E-state index in [4.69, 9.17) is 4.74 Å². The maximum atomic E-state index is 12.8. The summed E-state index contributed by atoms with van der Waals surface area (Å²) in [6.45, 7) is 4.27. The van der Waals surface area contributed by atoms with Crippen molar-refractivity contribution in [2.24, 2.45) is 5.92 Å². The predicted molar refractivity (Wildman–Crippen MR) is 95.9 cm³/mol. The summed E-state index contributed by atoms with van der Waals surface area (Å²) in [6, 6.07) is 5.53. The largest absolute Gasteiger partial charge is 0.379 e. The third-order valence-corrected chi connectivity index (χ3v) is 4.56. The van der Waals surface area contributed by atoms with E-state index in [1.807, 2.05) is 40.8 Å². The minimum absolute atomic E-state index is 0.0396. The van der Waals surface area contributed by atoms with Crippen LogP contribution in [0.15, 0.2) is 43.0 Å². The Hall–Kier alpha value is -2.80. The monoisotopic (exact) mass is 351 g/mol. The van der Waals surface area contributed by atoms with Crippen molar-refractivity contribution in [3.63, 3.8) is 0 Å². The topological polar surface area (TPSA) is 72.6 Å². The lowest BCUT2D eigenvalue weighted by Gasteiger charge is -2.23. The van der Waals surface area contributed by atoms with Crippen LogP contribution in [0, 0.1) is 12.8 Å². The summed E-state index contributed by atoms with van der Waals surface area (Å²) in [5, 5.41) is 0. The molecule has 26 heavy (non-hydrogen) atoms. The number of nitrogens with zero attached hydrogens (tertiary/aromatic N) is 5. The highest BCUT2D eigenvalue weighted by atomic mass is 16.5. The maximum Gasteiger partial charge on any atom is 0.272 e. The van der Waals surface area contributed by atoms with Crippen LogP contribution in [-0.2, 0) is 11.2 Å². The van der Waals surface area contributed by atoms with Crippen molar-refractivity contribution in [2.75, 3.05) is 26.3 Å². The van der Waals surface area contributed by atoms with Gasteiger partial charge in [-0.3, -0.25) is 9.78 Å². The van der Waals surface area contributed by atoms with E-state index < -0.39 is 0 Å². The number of rotatable bonds is 3. The first-order chi connectivity index (χ1) is 12.7. The molecule has 1 amide bonds. The number of pyridine rings is 1. The predicted octanol–water partition coefficient (Wildman–Crippen LogP) is 1.76. The molecule has 3 aromatic rings. The second-order valence-corrected chi connectivity index (χ2v) is 6.63. The summed E-state index contributed by atoms with van der Waals surface area (Å²) < 4.78 is 7.69. The lowest BCUT2D eigenvalue weighted by Crippen LogP contribution is -2.37. The van der Waals surface area contributed by atoms with Gasteiger partial charge in [-0.1, -0.05) is 6.07 Å². The quantitative estimate of drug-likeness (QED) is 0.719. The molecule has 0 spiro atoms. The zero-order valence-electron chi connectivity index (χ0n) is 14.7. The van der Waals surface area contributed by atoms with Crippen molar-refractivity contribution in [3.05, 3.63) is 60.1 Å². The van der Waals surface area contributed by atoms with E-state index in [0.29, 0.717) is 32.0 Å². The second kappa shape index (κ2) is 7.21. The summed E-state index contributed by atoms with van der Waals surface area (Å²) in [7, 11) is 0. The lowest BCUT2D eigenvalue weighted by atomic mass is 10.0. The van der Waals surface area contributed by atoms with Gasteiger partial charge >= 0.3 is 0 Å². The molecule has 7 heteroatoms. The Balaban J connectivity index is 1.49. The molecule has 3 aromatic heterocycles. The summed E-state index contributed by atoms with van der Waals surface area (Å²) in [6.07, 6.45) is 8.17. The van der Waals surface area contributed by atoms with Crippen LogP contribution in [-0.4, -0.2) is 56.5 Å². The summed E-state index contributed by atoms with van der Waals surface area (Å²) in [4.78, 5) is 27.7. The molecule has 4 heterocycles. The summed E-state index contributed by atoms with van der Waals surface area (Å²) in [5.74, 6) is 0.155. The van der Waals surface area contributed by atoms with Gasteiger partial charge in [0.1, 0.15) is 5.69 Å². The van der Waals surface area contributed by atoms with Crippen LogP contribution in [0.5, 0.6) is 0 Å². The Morgan fingerprint density at radius 3 is 3.15 bits per heavy atom. The number of aromatic nitrogens is 4. The molecule has 7 nitrogen and oxygen atoms in total. The zero-order valence-corrected chi connectivity index (χ0v) is 14.7. The Bertz CT molecular complexity index is 923. The Morgan fingerprint density at radius 1 is 1.35 bits per heavy atom. The molecule has 1 atom stereocenters. The van der Waals surface area contributed by atoms with Crippen molar-refractivity contribution < 1.29 is 9.53 Å². The van der Waals surface area contributed by atoms with E-state index in [0.717, 1.165) is 23.5 Å². The minimum Gasteiger partial charge on any atom is -0.379 e. The van der Waals surface area contributed by atoms with Crippen LogP contribution in [0.4, 0.5) is 0 Å². The van der Waals surface area contributed by atoms with E-state index in [1.54, 1.807) is 18.5 Å². The number of amides is 1. The van der Waals surface area contributed by atoms with E-state index in [-0.39, 0.29) is 11.8 Å². The number of hydrogen-bond donors (Lipinski definition) is 0. The first kappa shape index (κ1) is 16.7. The van der Waals surface area contributed by atoms with Crippen molar-refractivity contribution in [1.29, 1.82) is 0 Å². The Labute approximate surface area is 151 Å². The number of carbonyl (C=O) groups excluding carboxylic acids is 1. The molecule has 1 fully saturated rings. The fourth-order valence-corrected chi connectivity index (χ4v) is 3.28. The maximum absolute atomic E-state index is 12.8. The summed E-state index contributed by atoms with van der Waals surface area (Å²) in [5.41, 5.74) is 3.13. The highest BCUT2D eigenvalue weighted by Gasteiger charge is 2.24. The SMILES string of the molecule is Cc1cccc(C(=O)N2CCOCC(Cc3cn4ccnc4cn3)C2)n1. The highest BCUT2D eigenvalue weighted by Crippen LogP contribution is 2.15. The van der Waals surface area contributed by atoms with Crippen molar-refractivity contribution in [1.82, 2.24) is 24.3 Å². The van der Waals surface area contributed by atoms with Gasteiger partial charge in [-0.25, -0.2) is 9.97 Å². The molecule has 1 unspecified atom stereocenters. The molecule has 4 rings (SSSR count). The average Bonchev–Trinajstić information content (AvgIpc) is 2.99. The molecule has 0 bridgehead atoms. The third kappa shape index (κ3) is 3.57. The van der Waals surface area contributed by atoms with Crippen LogP contribution in [0.1, 0.15) is 21.9 Å². The first-order valence-electron chi connectivity index (χ1n) is 8.77. The number of fused-ring (bicyclic) bond motifs is 1. The molecule has 0 saturated carbocycles. The summed E-state index contributed by atoms with van der Waals surface area (Å²) >= 11 is 0. The molecule has 0 aromatic carbocycles. The molecule has 0 N–H and O–H groups in total. The number of ether oxygens (including phenoxy) is 1. The highest BCUT2D eigenvalue weighted by molar-refractivity contribution is 5.92. The molecule has 134 valence electrons. The van der Waals surface area contributed by atoms with E-state index in [1.165, 1.54) is 0 Å². The Morgan fingerprint density at radius 2 is 2.27 bits per heavy atom. The van der Waals surface area contributed by atoms with Gasteiger partial charge in [-0.2, -0.15) is 0 Å². The van der Waals surface area contributed by atoms with Crippen LogP contribution >= 0.6 is 0 Å². The van der Waals surface area contributed by atoms with E-state index in [2.05, 4.69) is 15.0 Å². The van der Waals surface area contributed by atoms with Gasteiger partial charge in [-0.15, -0.1) is 0 Å². The first-order valence-corrected chi connectivity index (χ1v) is 8.77. The smallest absolute Gasteiger partial charge is 0.272 e. The number of imidazole rings is 1. The minimum atomic E-state index is -0.0396. The van der Waals surface area contributed by atoms with Crippen LogP contribution < -0.4 is 0 Å². The molecule has 1 saturated heterocycles. The fraction of sp³-hybridized carbons (Fsp3) is 0.368. The van der Waals surface area contributed by atoms with Gasteiger partial charge in [0.2, 0.25) is 0 Å². The number of aryl methyl sites for hydroxylation is 1. The third-order valence-electron chi connectivity index (χ3n) is 4.56. The van der Waals surface area contributed by atoms with Crippen molar-refractivity contribution in [2.45, 2.75) is 13.3 Å². The standard InChI is InChI=1S/C19H21N5O2/c1-14-3-2-4-17(22-14)19(25)24-7-8-26-13-15(11-24)9-16-12-23-6-5-20-18(23)10-21-16/h2-6,10,12,15H,7-9,11,13H2,1H3.